The van der Waals surface area contributed by atoms with Crippen LogP contribution in [0.3, 0.4) is 0 Å². The molecule has 3 heteroatoms. The monoisotopic (exact) mass is 266 g/mol. The van der Waals surface area contributed by atoms with Gasteiger partial charge in [0.2, 0.25) is 0 Å². The molecule has 0 bridgehead atoms. The Hall–Kier alpha value is -0.640. The molecule has 0 spiro atoms. The van der Waals surface area contributed by atoms with Crippen molar-refractivity contribution in [1.82, 2.24) is 10.2 Å². The molecular weight excluding hydrogens is 236 g/mol. The highest BCUT2D eigenvalue weighted by atomic mass is 16.5. The van der Waals surface area contributed by atoms with E-state index in [9.17, 15) is 0 Å². The van der Waals surface area contributed by atoms with Crippen molar-refractivity contribution >= 4 is 0 Å². The topological polar surface area (TPSA) is 24.5 Å². The van der Waals surface area contributed by atoms with Gasteiger partial charge in [-0.2, -0.15) is 0 Å². The van der Waals surface area contributed by atoms with Crippen molar-refractivity contribution in [2.75, 3.05) is 39.4 Å². The Morgan fingerprint density at radius 3 is 2.26 bits per heavy atom. The van der Waals surface area contributed by atoms with Crippen LogP contribution in [-0.4, -0.2) is 50.3 Å². The Balaban J connectivity index is 2.65. The first-order valence-electron chi connectivity index (χ1n) is 7.37. The smallest absolute Gasteiger partial charge is 0.0472 e. The molecule has 0 saturated carbocycles. The van der Waals surface area contributed by atoms with E-state index in [-0.39, 0.29) is 0 Å². The van der Waals surface area contributed by atoms with Crippen LogP contribution in [-0.2, 0) is 4.74 Å². The van der Waals surface area contributed by atoms with Gasteiger partial charge >= 0.3 is 0 Å². The predicted molar refractivity (Wildman–Crippen MR) is 82.5 cm³/mol. The molecule has 0 radical (unpaired) electrons. The minimum atomic E-state index is 0.328. The van der Waals surface area contributed by atoms with Crippen LogP contribution in [0.15, 0.2) is 25.3 Å². The van der Waals surface area contributed by atoms with E-state index in [1.165, 1.54) is 0 Å². The molecule has 0 aliphatic carbocycles. The fraction of sp³-hybridized carbons (Fsp3) is 0.750. The van der Waals surface area contributed by atoms with E-state index in [2.05, 4.69) is 37.2 Å². The van der Waals surface area contributed by atoms with Gasteiger partial charge < -0.3 is 10.1 Å². The van der Waals surface area contributed by atoms with Crippen LogP contribution >= 0.6 is 0 Å². The summed E-state index contributed by atoms with van der Waals surface area (Å²) < 4.78 is 5.55. The van der Waals surface area contributed by atoms with Crippen molar-refractivity contribution in [1.29, 1.82) is 0 Å². The van der Waals surface area contributed by atoms with Crippen LogP contribution in [0, 0.1) is 5.41 Å². The third kappa shape index (κ3) is 5.89. The number of hydrogen-bond acceptors (Lipinski definition) is 3. The highest BCUT2D eigenvalue weighted by Gasteiger charge is 2.33. The van der Waals surface area contributed by atoms with Crippen molar-refractivity contribution < 1.29 is 4.74 Å². The van der Waals surface area contributed by atoms with Crippen molar-refractivity contribution in [3.8, 4) is 0 Å². The second-order valence-corrected chi connectivity index (χ2v) is 5.92. The Morgan fingerprint density at radius 1 is 1.21 bits per heavy atom. The number of rotatable bonds is 9. The van der Waals surface area contributed by atoms with Gasteiger partial charge in [0.1, 0.15) is 0 Å². The molecule has 3 nitrogen and oxygen atoms in total. The van der Waals surface area contributed by atoms with Gasteiger partial charge in [-0.15, -0.1) is 13.2 Å². The lowest BCUT2D eigenvalue weighted by Crippen LogP contribution is -2.48. The average Bonchev–Trinajstić information content (AvgIpc) is 2.38. The van der Waals surface area contributed by atoms with Crippen LogP contribution in [0.1, 0.15) is 26.7 Å². The number of nitrogens with zero attached hydrogens (tertiary/aromatic N) is 1. The lowest BCUT2D eigenvalue weighted by molar-refractivity contribution is -0.00196. The second kappa shape index (κ2) is 8.51. The lowest BCUT2D eigenvalue weighted by Gasteiger charge is -2.41. The zero-order chi connectivity index (χ0) is 14.1. The minimum Gasteiger partial charge on any atom is -0.381 e. The van der Waals surface area contributed by atoms with Crippen LogP contribution in [0.5, 0.6) is 0 Å². The van der Waals surface area contributed by atoms with E-state index in [1.807, 2.05) is 12.2 Å². The summed E-state index contributed by atoms with van der Waals surface area (Å²) in [5.41, 5.74) is 0.328. The Labute approximate surface area is 118 Å². The molecule has 0 unspecified atom stereocenters. The third-order valence-electron chi connectivity index (χ3n) is 3.77. The maximum Gasteiger partial charge on any atom is 0.0472 e. The van der Waals surface area contributed by atoms with E-state index in [0.717, 1.165) is 52.2 Å². The molecule has 1 N–H and O–H groups in total. The molecule has 19 heavy (non-hydrogen) atoms. The summed E-state index contributed by atoms with van der Waals surface area (Å²) in [6.45, 7) is 17.9. The van der Waals surface area contributed by atoms with Gasteiger partial charge in [0.05, 0.1) is 0 Å². The molecule has 0 atom stereocenters. The van der Waals surface area contributed by atoms with E-state index in [4.69, 9.17) is 4.74 Å². The zero-order valence-electron chi connectivity index (χ0n) is 12.7. The number of ether oxygens (including phenoxy) is 1. The number of nitrogens with one attached hydrogen (secondary N) is 1. The summed E-state index contributed by atoms with van der Waals surface area (Å²) >= 11 is 0. The van der Waals surface area contributed by atoms with Gasteiger partial charge in [-0.05, 0) is 18.3 Å². The number of hydrogen-bond donors (Lipinski definition) is 1. The molecule has 1 heterocycles. The fourth-order valence-electron chi connectivity index (χ4n) is 2.66. The molecular formula is C16H30N2O. The maximum absolute atomic E-state index is 5.55. The van der Waals surface area contributed by atoms with Crippen molar-refractivity contribution in [3.63, 3.8) is 0 Å². The molecule has 0 aromatic heterocycles. The molecule has 0 aromatic carbocycles. The lowest BCUT2D eigenvalue weighted by atomic mass is 9.79. The first-order valence-corrected chi connectivity index (χ1v) is 7.37. The van der Waals surface area contributed by atoms with Gasteiger partial charge in [-0.1, -0.05) is 26.0 Å². The third-order valence-corrected chi connectivity index (χ3v) is 3.77. The van der Waals surface area contributed by atoms with Crippen LogP contribution in [0.25, 0.3) is 0 Å². The summed E-state index contributed by atoms with van der Waals surface area (Å²) in [6.07, 6.45) is 6.23. The van der Waals surface area contributed by atoms with E-state index >= 15 is 0 Å². The SMILES string of the molecule is C=CCN(CC=C)CC1(CNC(C)C)CCOCC1. The maximum atomic E-state index is 5.55. The van der Waals surface area contributed by atoms with Crippen LogP contribution in [0.2, 0.25) is 0 Å². The largest absolute Gasteiger partial charge is 0.381 e. The summed E-state index contributed by atoms with van der Waals surface area (Å²) in [7, 11) is 0. The predicted octanol–water partition coefficient (Wildman–Crippen LogP) is 2.46. The first-order chi connectivity index (χ1) is 9.12. The quantitative estimate of drug-likeness (QED) is 0.649. The fourth-order valence-corrected chi connectivity index (χ4v) is 2.66. The molecule has 0 aromatic rings. The Morgan fingerprint density at radius 2 is 1.79 bits per heavy atom. The summed E-state index contributed by atoms with van der Waals surface area (Å²) in [4.78, 5) is 2.42. The summed E-state index contributed by atoms with van der Waals surface area (Å²) in [5.74, 6) is 0. The normalized spacial score (nSPS) is 18.7. The van der Waals surface area contributed by atoms with Gasteiger partial charge in [0.15, 0.2) is 0 Å². The molecule has 110 valence electrons. The van der Waals surface area contributed by atoms with E-state index < -0.39 is 0 Å². The van der Waals surface area contributed by atoms with Gasteiger partial charge in [-0.3, -0.25) is 4.90 Å². The highest BCUT2D eigenvalue weighted by molar-refractivity contribution is 4.91. The molecule has 1 saturated heterocycles. The van der Waals surface area contributed by atoms with Gasteiger partial charge in [0.25, 0.3) is 0 Å². The molecule has 1 rings (SSSR count). The van der Waals surface area contributed by atoms with Crippen molar-refractivity contribution in [3.05, 3.63) is 25.3 Å². The Kier molecular flexibility index (Phi) is 7.36. The van der Waals surface area contributed by atoms with Crippen LogP contribution < -0.4 is 5.32 Å². The van der Waals surface area contributed by atoms with Crippen molar-refractivity contribution in [2.45, 2.75) is 32.7 Å². The van der Waals surface area contributed by atoms with Gasteiger partial charge in [-0.25, -0.2) is 0 Å². The van der Waals surface area contributed by atoms with Gasteiger partial charge in [0, 0.05) is 45.4 Å². The average molecular weight is 266 g/mol. The molecule has 0 amide bonds. The molecule has 1 fully saturated rings. The Bertz CT molecular complexity index is 260. The summed E-state index contributed by atoms with van der Waals surface area (Å²) in [5, 5.41) is 3.61. The highest BCUT2D eigenvalue weighted by Crippen LogP contribution is 2.31. The minimum absolute atomic E-state index is 0.328. The van der Waals surface area contributed by atoms with Crippen LogP contribution in [0.4, 0.5) is 0 Å². The summed E-state index contributed by atoms with van der Waals surface area (Å²) in [6, 6.07) is 0.534. The van der Waals surface area contributed by atoms with E-state index in [1.54, 1.807) is 0 Å². The van der Waals surface area contributed by atoms with Crippen molar-refractivity contribution in [2.24, 2.45) is 5.41 Å². The first kappa shape index (κ1) is 16.4. The van der Waals surface area contributed by atoms with E-state index in [0.29, 0.717) is 11.5 Å². The standard InChI is InChI=1S/C16H30N2O/c1-5-9-18(10-6-2)14-16(13-17-15(3)4)7-11-19-12-8-16/h5-6,15,17H,1-2,7-14H2,3-4H3. The molecule has 1 aliphatic heterocycles. The zero-order valence-corrected chi connectivity index (χ0v) is 12.7. The molecule has 1 aliphatic rings. The second-order valence-electron chi connectivity index (χ2n) is 5.92.